The number of carboxylic acids is 1. The molecule has 0 bridgehead atoms. The van der Waals surface area contributed by atoms with E-state index in [0.717, 1.165) is 49.4 Å². The third-order valence-electron chi connectivity index (χ3n) is 9.31. The normalized spacial score (nSPS) is 19.2. The lowest BCUT2D eigenvalue weighted by molar-refractivity contribution is -0.150. The summed E-state index contributed by atoms with van der Waals surface area (Å²) in [7, 11) is 1.59. The number of benzene rings is 2. The Morgan fingerprint density at radius 1 is 1.18 bits per heavy atom. The molecule has 1 unspecified atom stereocenters. The number of aliphatic imine (C=N–C) groups is 1. The number of amides is 2. The number of nitrogens with two attached hydrogens (primary N) is 1. The fraction of sp³-hybridized carbons (Fsp3) is 0.278. The third kappa shape index (κ3) is 7.80. The number of oxime groups is 1. The molecule has 2 atom stereocenters. The number of para-hydroxylation sites is 2. The molecule has 4 aromatic rings. The lowest BCUT2D eigenvalue weighted by Gasteiger charge is -2.49. The van der Waals surface area contributed by atoms with Crippen molar-refractivity contribution in [1.29, 1.82) is 0 Å². The first kappa shape index (κ1) is 41.9. The second kappa shape index (κ2) is 16.6. The number of rotatable bonds is 12. The van der Waals surface area contributed by atoms with Gasteiger partial charge in [0.15, 0.2) is 22.3 Å². The summed E-state index contributed by atoms with van der Waals surface area (Å²) < 4.78 is 5.22. The lowest BCUT2D eigenvalue weighted by atomic mass is 9.95. The number of aromatic nitrogens is 2. The van der Waals surface area contributed by atoms with E-state index in [0.29, 0.717) is 29.6 Å². The number of anilines is 1. The molecule has 300 valence electrons. The van der Waals surface area contributed by atoms with Gasteiger partial charge in [0.1, 0.15) is 29.5 Å². The van der Waals surface area contributed by atoms with Crippen LogP contribution in [0.3, 0.4) is 0 Å². The summed E-state index contributed by atoms with van der Waals surface area (Å²) in [6.07, 6.45) is 3.71. The van der Waals surface area contributed by atoms with Gasteiger partial charge in [-0.15, -0.1) is 65.2 Å². The van der Waals surface area contributed by atoms with Gasteiger partial charge in [-0.05, 0) is 38.5 Å². The van der Waals surface area contributed by atoms with Crippen LogP contribution >= 0.6 is 59.7 Å². The first-order valence-corrected chi connectivity index (χ1v) is 20.0. The minimum absolute atomic E-state index is 0. The van der Waals surface area contributed by atoms with Crippen molar-refractivity contribution in [1.82, 2.24) is 35.7 Å². The molecule has 2 amide bonds. The SMILES string of the molecule is COCN1C=C2N=C(C)C=C(SCC3=C(C(=O)O)N4C(=O)C(NC(=O)/C(=N/OC(C)(C)c5cccc6c5[nH]c5ccccc56)c5csc(N)n5)[C@H]4SC3)N2N1.Cl.Cl. The number of allylic oxidation sites excluding steroid dienone is 1. The maximum absolute atomic E-state index is 13.9. The van der Waals surface area contributed by atoms with Gasteiger partial charge >= 0.3 is 5.97 Å². The topological polar surface area (TPSA) is 203 Å². The maximum Gasteiger partial charge on any atom is 0.352 e. The molecule has 2 aromatic heterocycles. The average molecular weight is 874 g/mol. The molecule has 1 saturated heterocycles. The van der Waals surface area contributed by atoms with Crippen molar-refractivity contribution >= 4 is 116 Å². The van der Waals surface area contributed by atoms with Crippen LogP contribution in [0, 0.1) is 0 Å². The van der Waals surface area contributed by atoms with Gasteiger partial charge in [-0.2, -0.15) is 0 Å². The second-order valence-electron chi connectivity index (χ2n) is 13.5. The highest BCUT2D eigenvalue weighted by molar-refractivity contribution is 8.03. The molecule has 2 aromatic carbocycles. The molecule has 0 aliphatic carbocycles. The third-order valence-corrected chi connectivity index (χ3v) is 12.4. The number of hydrogen-bond acceptors (Lipinski definition) is 15. The van der Waals surface area contributed by atoms with E-state index in [-0.39, 0.29) is 47.0 Å². The number of aromatic amines is 1. The van der Waals surface area contributed by atoms with Gasteiger partial charge < -0.3 is 30.7 Å². The zero-order valence-electron chi connectivity index (χ0n) is 30.8. The Morgan fingerprint density at radius 3 is 2.68 bits per heavy atom. The number of nitrogens with zero attached hydrogens (tertiary/aromatic N) is 6. The monoisotopic (exact) mass is 872 g/mol. The molecule has 4 aliphatic rings. The molecule has 0 saturated carbocycles. The van der Waals surface area contributed by atoms with Crippen LogP contribution < -0.4 is 16.6 Å². The number of aliphatic carboxylic acids is 1. The van der Waals surface area contributed by atoms with E-state index in [4.69, 9.17) is 15.3 Å². The van der Waals surface area contributed by atoms with Gasteiger partial charge in [-0.3, -0.25) is 19.5 Å². The summed E-state index contributed by atoms with van der Waals surface area (Å²) in [5.41, 5.74) is 12.1. The smallest absolute Gasteiger partial charge is 0.352 e. The van der Waals surface area contributed by atoms with E-state index >= 15 is 0 Å². The van der Waals surface area contributed by atoms with Crippen LogP contribution in [0.2, 0.25) is 0 Å². The van der Waals surface area contributed by atoms with Crippen LogP contribution in [-0.2, 0) is 29.6 Å². The maximum atomic E-state index is 13.9. The van der Waals surface area contributed by atoms with Crippen LogP contribution in [-0.4, -0.2) is 96.0 Å². The number of β-lactam (4-membered cyclic amide) rings is 1. The van der Waals surface area contributed by atoms with Gasteiger partial charge in [0, 0.05) is 51.6 Å². The van der Waals surface area contributed by atoms with Crippen LogP contribution in [0.4, 0.5) is 5.13 Å². The summed E-state index contributed by atoms with van der Waals surface area (Å²) in [5.74, 6) is -1.17. The summed E-state index contributed by atoms with van der Waals surface area (Å²) in [4.78, 5) is 60.0. The number of halogens is 2. The summed E-state index contributed by atoms with van der Waals surface area (Å²) in [6, 6.07) is 12.9. The van der Waals surface area contributed by atoms with Crippen LogP contribution in [0.15, 0.2) is 92.4 Å². The predicted octanol–water partition coefficient (Wildman–Crippen LogP) is 5.09. The number of hydrazine groups is 2. The van der Waals surface area contributed by atoms with Gasteiger partial charge in [0.05, 0.1) is 16.7 Å². The van der Waals surface area contributed by atoms with Gasteiger partial charge in [-0.25, -0.2) is 19.8 Å². The summed E-state index contributed by atoms with van der Waals surface area (Å²) in [6.45, 7) is 5.87. The molecule has 6 heterocycles. The number of fused-ring (bicyclic) bond motifs is 5. The van der Waals surface area contributed by atoms with Gasteiger partial charge in [-0.1, -0.05) is 41.6 Å². The number of carbonyl (C=O) groups excluding carboxylic acids is 2. The van der Waals surface area contributed by atoms with E-state index < -0.39 is 34.8 Å². The molecule has 4 aliphatic heterocycles. The van der Waals surface area contributed by atoms with Gasteiger partial charge in [0.2, 0.25) is 0 Å². The molecule has 16 nitrogen and oxygen atoms in total. The Bertz CT molecular complexity index is 2430. The number of thiazole rings is 1. The van der Waals surface area contributed by atoms with Crippen molar-refractivity contribution in [3.63, 3.8) is 0 Å². The molecule has 21 heteroatoms. The molecule has 57 heavy (non-hydrogen) atoms. The molecule has 8 rings (SSSR count). The van der Waals surface area contributed by atoms with Gasteiger partial charge in [0.25, 0.3) is 11.8 Å². The quantitative estimate of drug-likeness (QED) is 0.0717. The van der Waals surface area contributed by atoms with Crippen molar-refractivity contribution < 1.29 is 29.1 Å². The molecular weight excluding hydrogens is 836 g/mol. The fourth-order valence-corrected chi connectivity index (χ4v) is 9.87. The van der Waals surface area contributed by atoms with Crippen LogP contribution in [0.25, 0.3) is 21.8 Å². The summed E-state index contributed by atoms with van der Waals surface area (Å²) in [5, 5.41) is 25.0. The van der Waals surface area contributed by atoms with Crippen molar-refractivity contribution in [3.8, 4) is 0 Å². The number of carbonyl (C=O) groups is 3. The highest BCUT2D eigenvalue weighted by atomic mass is 35.5. The number of H-pyrrole nitrogens is 1. The van der Waals surface area contributed by atoms with E-state index in [1.54, 1.807) is 22.5 Å². The Morgan fingerprint density at radius 2 is 1.95 bits per heavy atom. The van der Waals surface area contributed by atoms with E-state index in [2.05, 4.69) is 31.0 Å². The first-order chi connectivity index (χ1) is 26.4. The Balaban J connectivity index is 0.00000275. The van der Waals surface area contributed by atoms with Crippen molar-refractivity contribution in [2.75, 3.05) is 31.1 Å². The standard InChI is InChI=1S/C36H36N10O6S3.2ClH/c1-18-12-26(46-25(38-18)13-44(43-46)17-51-4)53-14-19-15-54-33-29(32(48)45(33)30(19)34(49)50)41-31(47)28(24-16-55-35(37)40-24)42-52-36(2,3)22-10-7-9-21-20-8-5-6-11-23(20)39-27(21)22;;/h5-13,16,29,33,39,43H,14-15,17H2,1-4H3,(H2,37,40)(H,41,47)(H,49,50);2*1H/b42-28+;;/t29?,33-;;/m1../s1. The Kier molecular flexibility index (Phi) is 12.2. The van der Waals surface area contributed by atoms with Crippen LogP contribution in [0.5, 0.6) is 0 Å². The zero-order chi connectivity index (χ0) is 38.6. The molecule has 1 fully saturated rings. The highest BCUT2D eigenvalue weighted by Gasteiger charge is 2.54. The van der Waals surface area contributed by atoms with E-state index in [1.807, 2.05) is 75.5 Å². The van der Waals surface area contributed by atoms with Crippen molar-refractivity contribution in [2.24, 2.45) is 10.1 Å². The number of nitrogen functional groups attached to an aromatic ring is 1. The minimum Gasteiger partial charge on any atom is -0.477 e. The molecular formula is C36H38Cl2N10O6S3. The fourth-order valence-electron chi connectivity index (χ4n) is 6.76. The predicted molar refractivity (Wildman–Crippen MR) is 228 cm³/mol. The minimum atomic E-state index is -1.22. The number of hydrogen-bond donors (Lipinski definition) is 5. The largest absolute Gasteiger partial charge is 0.477 e. The number of nitrogens with one attached hydrogen (secondary N) is 3. The summed E-state index contributed by atoms with van der Waals surface area (Å²) >= 11 is 3.93. The number of ether oxygens (including phenoxy) is 1. The van der Waals surface area contributed by atoms with E-state index in [1.165, 1.54) is 28.4 Å². The van der Waals surface area contributed by atoms with Crippen LogP contribution in [0.1, 0.15) is 32.0 Å². The number of carboxylic acid groups (broad SMARTS) is 1. The average Bonchev–Trinajstić information content (AvgIpc) is 3.88. The van der Waals surface area contributed by atoms with E-state index in [9.17, 15) is 19.5 Å². The second-order valence-corrected chi connectivity index (χ2v) is 16.5. The zero-order valence-corrected chi connectivity index (χ0v) is 34.9. The van der Waals surface area contributed by atoms with Crippen molar-refractivity contribution in [3.05, 3.63) is 93.5 Å². The van der Waals surface area contributed by atoms with Crippen molar-refractivity contribution in [2.45, 2.75) is 37.8 Å². The Hall–Kier alpha value is -4.76. The number of methoxy groups -OCH3 is 1. The lowest BCUT2D eigenvalue weighted by Crippen LogP contribution is -2.71. The Labute approximate surface area is 351 Å². The number of thioether (sulfide) groups is 2. The molecule has 6 N–H and O–H groups in total. The molecule has 0 radical (unpaired) electrons. The molecule has 0 spiro atoms. The first-order valence-electron chi connectivity index (χ1n) is 17.1. The highest BCUT2D eigenvalue weighted by Crippen LogP contribution is 2.42.